The van der Waals surface area contributed by atoms with E-state index in [-0.39, 0.29) is 24.6 Å². The van der Waals surface area contributed by atoms with Gasteiger partial charge < -0.3 is 36.4 Å². The van der Waals surface area contributed by atoms with Crippen LogP contribution in [0.4, 0.5) is 16.2 Å². The summed E-state index contributed by atoms with van der Waals surface area (Å²) < 4.78 is 7.60. The van der Waals surface area contributed by atoms with Crippen LogP contribution in [-0.2, 0) is 10.2 Å². The number of amides is 2. The van der Waals surface area contributed by atoms with E-state index in [9.17, 15) is 20.1 Å². The topological polar surface area (TPSA) is 171 Å². The van der Waals surface area contributed by atoms with Crippen LogP contribution in [0.15, 0.2) is 42.9 Å². The fraction of sp³-hybridized carbons (Fsp3) is 0.519. The molecule has 0 saturated carbocycles. The molecule has 2 amide bonds. The number of aliphatic hydroxyl groups is 3. The molecule has 2 aromatic heterocycles. The van der Waals surface area contributed by atoms with Gasteiger partial charge >= 0.3 is 6.03 Å². The lowest BCUT2D eigenvalue weighted by molar-refractivity contribution is -0.0451. The molecule has 0 unspecified atom stereocenters. The van der Waals surface area contributed by atoms with E-state index in [2.05, 4.69) is 41.4 Å². The first-order chi connectivity index (χ1) is 18.6. The van der Waals surface area contributed by atoms with Crippen LogP contribution < -0.4 is 16.4 Å². The molecular weight excluding hydrogens is 502 g/mol. The van der Waals surface area contributed by atoms with Crippen molar-refractivity contribution in [3.63, 3.8) is 0 Å². The average Bonchev–Trinajstić information content (AvgIpc) is 3.44. The minimum atomic E-state index is -1.20. The Morgan fingerprint density at radius 1 is 1.13 bits per heavy atom. The lowest BCUT2D eigenvalue weighted by Gasteiger charge is -2.26. The van der Waals surface area contributed by atoms with Gasteiger partial charge in [-0.2, -0.15) is 0 Å². The number of hydrogen-bond acceptors (Lipinski definition) is 9. The van der Waals surface area contributed by atoms with Crippen molar-refractivity contribution in [1.82, 2.24) is 24.8 Å². The first-order valence-corrected chi connectivity index (χ1v) is 13.2. The predicted octanol–water partition coefficient (Wildman–Crippen LogP) is 1.44. The summed E-state index contributed by atoms with van der Waals surface area (Å²) in [7, 11) is 0. The summed E-state index contributed by atoms with van der Waals surface area (Å²) in [5.41, 5.74) is 9.31. The summed E-state index contributed by atoms with van der Waals surface area (Å²) in [5, 5.41) is 36.6. The van der Waals surface area contributed by atoms with Crippen LogP contribution >= 0.6 is 0 Å². The number of imidazole rings is 1. The second-order valence-electron chi connectivity index (χ2n) is 10.9. The Bertz CT molecular complexity index is 1240. The third-order valence-electron chi connectivity index (χ3n) is 6.90. The van der Waals surface area contributed by atoms with Crippen molar-refractivity contribution in [2.24, 2.45) is 0 Å². The van der Waals surface area contributed by atoms with Gasteiger partial charge in [-0.15, -0.1) is 0 Å². The summed E-state index contributed by atoms with van der Waals surface area (Å²) in [6, 6.07) is 9.12. The predicted molar refractivity (Wildman–Crippen MR) is 148 cm³/mol. The molecule has 0 aliphatic carbocycles. The van der Waals surface area contributed by atoms with Gasteiger partial charge in [0.1, 0.15) is 23.8 Å². The standard InChI is InChI=1S/C27H39N7O5/c1-27(2,3)17-5-7-18(8-6-17)32-26(38)30-10-4-12-33(13-14-35)15-20-22(36)23(37)25(39-20)34-16-31-21-19(28)9-11-29-24(21)34/h5-9,11,16,20,22-23,25,35-37H,4,10,12-15H2,1-3H3,(H2,28,29)(H2,30,32,38)/t20-,22-,23-,25-/m1/s1. The Morgan fingerprint density at radius 2 is 1.87 bits per heavy atom. The van der Waals surface area contributed by atoms with Gasteiger partial charge in [-0.25, -0.2) is 14.8 Å². The lowest BCUT2D eigenvalue weighted by atomic mass is 9.87. The van der Waals surface area contributed by atoms with Crippen LogP contribution in [0.25, 0.3) is 11.2 Å². The summed E-state index contributed by atoms with van der Waals surface area (Å²) in [6.07, 6.45) is -0.299. The van der Waals surface area contributed by atoms with Gasteiger partial charge in [-0.05, 0) is 35.6 Å². The molecule has 1 aromatic carbocycles. The number of carbonyl (C=O) groups is 1. The highest BCUT2D eigenvalue weighted by Gasteiger charge is 2.44. The van der Waals surface area contributed by atoms with E-state index in [1.54, 1.807) is 16.8 Å². The molecule has 1 saturated heterocycles. The largest absolute Gasteiger partial charge is 0.397 e. The molecule has 3 aromatic rings. The molecule has 4 rings (SSSR count). The van der Waals surface area contributed by atoms with Crippen molar-refractivity contribution in [3.05, 3.63) is 48.4 Å². The molecule has 39 heavy (non-hydrogen) atoms. The van der Waals surface area contributed by atoms with Gasteiger partial charge in [-0.1, -0.05) is 32.9 Å². The average molecular weight is 542 g/mol. The quantitative estimate of drug-likeness (QED) is 0.208. The number of urea groups is 1. The fourth-order valence-corrected chi connectivity index (χ4v) is 4.67. The summed E-state index contributed by atoms with van der Waals surface area (Å²) in [6.45, 7) is 7.92. The van der Waals surface area contributed by atoms with E-state index in [4.69, 9.17) is 10.5 Å². The highest BCUT2D eigenvalue weighted by atomic mass is 16.6. The Hall–Kier alpha value is -3.29. The molecule has 12 heteroatoms. The molecule has 4 atom stereocenters. The lowest BCUT2D eigenvalue weighted by Crippen LogP contribution is -2.42. The summed E-state index contributed by atoms with van der Waals surface area (Å²) in [5.74, 6) is 0. The second kappa shape index (κ2) is 12.3. The third kappa shape index (κ3) is 6.84. The Kier molecular flexibility index (Phi) is 9.03. The number of nitrogens with one attached hydrogen (secondary N) is 2. The molecular formula is C27H39N7O5. The normalized spacial score (nSPS) is 21.5. The van der Waals surface area contributed by atoms with Crippen LogP contribution in [0, 0.1) is 0 Å². The zero-order valence-corrected chi connectivity index (χ0v) is 22.6. The van der Waals surface area contributed by atoms with E-state index in [0.29, 0.717) is 48.6 Å². The van der Waals surface area contributed by atoms with E-state index in [1.165, 1.54) is 11.9 Å². The van der Waals surface area contributed by atoms with Gasteiger partial charge in [0.2, 0.25) is 0 Å². The molecule has 0 radical (unpaired) electrons. The van der Waals surface area contributed by atoms with E-state index < -0.39 is 24.5 Å². The molecule has 212 valence electrons. The maximum absolute atomic E-state index is 12.3. The maximum atomic E-state index is 12.3. The number of nitrogen functional groups attached to an aromatic ring is 1. The van der Waals surface area contributed by atoms with Gasteiger partial charge in [-0.3, -0.25) is 9.47 Å². The number of nitrogens with two attached hydrogens (primary N) is 1. The minimum absolute atomic E-state index is 0.0411. The molecule has 1 aliphatic heterocycles. The molecule has 0 spiro atoms. The number of benzene rings is 1. The number of pyridine rings is 1. The fourth-order valence-electron chi connectivity index (χ4n) is 4.67. The maximum Gasteiger partial charge on any atom is 0.319 e. The van der Waals surface area contributed by atoms with Crippen LogP contribution in [0.2, 0.25) is 0 Å². The highest BCUT2D eigenvalue weighted by Crippen LogP contribution is 2.32. The van der Waals surface area contributed by atoms with E-state index in [0.717, 1.165) is 0 Å². The van der Waals surface area contributed by atoms with Crippen molar-refractivity contribution >= 4 is 28.6 Å². The number of aromatic nitrogens is 3. The van der Waals surface area contributed by atoms with Gasteiger partial charge in [0, 0.05) is 38.1 Å². The minimum Gasteiger partial charge on any atom is -0.397 e. The monoisotopic (exact) mass is 541 g/mol. The number of nitrogens with zero attached hydrogens (tertiary/aromatic N) is 4. The zero-order valence-electron chi connectivity index (χ0n) is 22.6. The number of ether oxygens (including phenoxy) is 1. The SMILES string of the molecule is CC(C)(C)c1ccc(NC(=O)NCCCN(CCO)C[C@H]2O[C@@H](n3cnc4c(N)ccnc43)[C@H](O)[C@@H]2O)cc1. The smallest absolute Gasteiger partial charge is 0.319 e. The van der Waals surface area contributed by atoms with Gasteiger partial charge in [0.25, 0.3) is 0 Å². The zero-order chi connectivity index (χ0) is 28.2. The van der Waals surface area contributed by atoms with Crippen LogP contribution in [0.1, 0.15) is 39.0 Å². The van der Waals surface area contributed by atoms with Crippen LogP contribution in [-0.4, -0.2) is 91.9 Å². The van der Waals surface area contributed by atoms with Crippen LogP contribution in [0.3, 0.4) is 0 Å². The highest BCUT2D eigenvalue weighted by molar-refractivity contribution is 5.89. The molecule has 1 aliphatic rings. The van der Waals surface area contributed by atoms with E-state index in [1.807, 2.05) is 29.2 Å². The van der Waals surface area contributed by atoms with Crippen LogP contribution in [0.5, 0.6) is 0 Å². The number of aliphatic hydroxyl groups excluding tert-OH is 3. The number of anilines is 2. The molecule has 0 bridgehead atoms. The van der Waals surface area contributed by atoms with Gasteiger partial charge in [0.15, 0.2) is 11.9 Å². The Labute approximate surface area is 227 Å². The number of carbonyl (C=O) groups excluding carboxylic acids is 1. The first-order valence-electron chi connectivity index (χ1n) is 13.2. The van der Waals surface area contributed by atoms with Crippen molar-refractivity contribution in [3.8, 4) is 0 Å². The number of hydrogen-bond donors (Lipinski definition) is 6. The third-order valence-corrected chi connectivity index (χ3v) is 6.90. The Balaban J connectivity index is 1.27. The van der Waals surface area contributed by atoms with Crippen molar-refractivity contribution < 1.29 is 24.9 Å². The number of rotatable bonds is 10. The van der Waals surface area contributed by atoms with Gasteiger partial charge in [0.05, 0.1) is 18.6 Å². The second-order valence-corrected chi connectivity index (χ2v) is 10.9. The molecule has 12 nitrogen and oxygen atoms in total. The van der Waals surface area contributed by atoms with Crippen molar-refractivity contribution in [2.75, 3.05) is 43.8 Å². The first kappa shape index (κ1) is 28.7. The Morgan fingerprint density at radius 3 is 2.56 bits per heavy atom. The molecule has 3 heterocycles. The summed E-state index contributed by atoms with van der Waals surface area (Å²) in [4.78, 5) is 22.8. The molecule has 7 N–H and O–H groups in total. The number of fused-ring (bicyclic) bond motifs is 1. The van der Waals surface area contributed by atoms with Crippen molar-refractivity contribution in [1.29, 1.82) is 0 Å². The molecule has 1 fully saturated rings. The van der Waals surface area contributed by atoms with Crippen molar-refractivity contribution in [2.45, 2.75) is 57.1 Å². The summed E-state index contributed by atoms with van der Waals surface area (Å²) >= 11 is 0. The van der Waals surface area contributed by atoms with E-state index >= 15 is 0 Å².